The van der Waals surface area contributed by atoms with E-state index >= 15 is 0 Å². The Balaban J connectivity index is 1.59. The number of carbonyl (C=O) groups excluding carboxylic acids is 1. The minimum absolute atomic E-state index is 0.115. The maximum atomic E-state index is 12.7. The average Bonchev–Trinajstić information content (AvgIpc) is 3.13. The molecular formula is C17H22N4O3. The van der Waals surface area contributed by atoms with E-state index in [-0.39, 0.29) is 11.8 Å². The van der Waals surface area contributed by atoms with Crippen LogP contribution in [0.2, 0.25) is 0 Å². The van der Waals surface area contributed by atoms with Crippen molar-refractivity contribution in [3.63, 3.8) is 0 Å². The summed E-state index contributed by atoms with van der Waals surface area (Å²) in [5.41, 5.74) is 2.55. The first-order valence-electron chi connectivity index (χ1n) is 8.41. The van der Waals surface area contributed by atoms with E-state index in [9.17, 15) is 4.79 Å². The molecule has 24 heavy (non-hydrogen) atoms. The molecule has 2 aliphatic rings. The van der Waals surface area contributed by atoms with E-state index in [0.717, 1.165) is 18.2 Å². The first-order chi connectivity index (χ1) is 11.7. The molecule has 1 saturated carbocycles. The lowest BCUT2D eigenvalue weighted by atomic mass is 9.98. The Labute approximate surface area is 140 Å². The smallest absolute Gasteiger partial charge is 0.276 e. The van der Waals surface area contributed by atoms with Crippen LogP contribution in [0.4, 0.5) is 0 Å². The fraction of sp³-hybridized carbons (Fsp3) is 0.588. The lowest BCUT2D eigenvalue weighted by Gasteiger charge is -2.32. The first kappa shape index (κ1) is 15.4. The van der Waals surface area contributed by atoms with Crippen LogP contribution in [0.3, 0.4) is 0 Å². The summed E-state index contributed by atoms with van der Waals surface area (Å²) in [6.45, 7) is 4.51. The van der Waals surface area contributed by atoms with Crippen molar-refractivity contribution in [3.05, 3.63) is 35.2 Å². The van der Waals surface area contributed by atoms with Crippen molar-refractivity contribution < 1.29 is 14.1 Å². The normalized spacial score (nSPS) is 20.2. The van der Waals surface area contributed by atoms with Gasteiger partial charge in [0.1, 0.15) is 5.76 Å². The van der Waals surface area contributed by atoms with Crippen molar-refractivity contribution in [1.29, 1.82) is 0 Å². The number of nitrogens with zero attached hydrogens (tertiary/aromatic N) is 4. The summed E-state index contributed by atoms with van der Waals surface area (Å²) in [7, 11) is 1.70. The van der Waals surface area contributed by atoms with E-state index in [1.54, 1.807) is 25.0 Å². The van der Waals surface area contributed by atoms with E-state index in [4.69, 9.17) is 9.26 Å². The standard InChI is InChI=1S/C17H22N4O3/c1-11-5-14(19-24-11)17(22)20-7-13(9-23-2)16-15(8-20)18-10-21(16)6-12-3-4-12/h5,10,12-13H,3-4,6-9H2,1-2H3/t13-/m1/s1. The molecule has 7 nitrogen and oxygen atoms in total. The number of ether oxygens (including phenoxy) is 1. The SMILES string of the molecule is COC[C@H]1CN(C(=O)c2cc(C)on2)Cc2ncn(CC3CC3)c21. The molecule has 0 saturated heterocycles. The van der Waals surface area contributed by atoms with E-state index in [2.05, 4.69) is 14.7 Å². The fourth-order valence-corrected chi connectivity index (χ4v) is 3.46. The van der Waals surface area contributed by atoms with Crippen LogP contribution >= 0.6 is 0 Å². The molecule has 0 N–H and O–H groups in total. The average molecular weight is 330 g/mol. The Morgan fingerprint density at radius 3 is 2.96 bits per heavy atom. The third-order valence-corrected chi connectivity index (χ3v) is 4.78. The predicted molar refractivity (Wildman–Crippen MR) is 85.5 cm³/mol. The Morgan fingerprint density at radius 1 is 1.46 bits per heavy atom. The van der Waals surface area contributed by atoms with Crippen molar-refractivity contribution in [2.24, 2.45) is 5.92 Å². The number of aryl methyl sites for hydroxylation is 1. The van der Waals surface area contributed by atoms with Gasteiger partial charge in [-0.2, -0.15) is 0 Å². The van der Waals surface area contributed by atoms with Crippen molar-refractivity contribution in [2.75, 3.05) is 20.3 Å². The first-order valence-corrected chi connectivity index (χ1v) is 8.41. The molecule has 3 heterocycles. The highest BCUT2D eigenvalue weighted by Gasteiger charge is 2.34. The van der Waals surface area contributed by atoms with Gasteiger partial charge in [0, 0.05) is 37.9 Å². The van der Waals surface area contributed by atoms with Crippen LogP contribution in [0.15, 0.2) is 16.9 Å². The van der Waals surface area contributed by atoms with Crippen molar-refractivity contribution >= 4 is 5.91 Å². The molecule has 4 rings (SSSR count). The molecule has 1 amide bonds. The van der Waals surface area contributed by atoms with Crippen LogP contribution < -0.4 is 0 Å². The number of fused-ring (bicyclic) bond motifs is 1. The second-order valence-corrected chi connectivity index (χ2v) is 6.83. The molecule has 1 aliphatic heterocycles. The van der Waals surface area contributed by atoms with Gasteiger partial charge in [-0.25, -0.2) is 4.98 Å². The summed E-state index contributed by atoms with van der Waals surface area (Å²) in [4.78, 5) is 19.1. The number of hydrogen-bond donors (Lipinski definition) is 0. The third-order valence-electron chi connectivity index (χ3n) is 4.78. The van der Waals surface area contributed by atoms with Gasteiger partial charge in [0.25, 0.3) is 5.91 Å². The molecule has 2 aromatic rings. The van der Waals surface area contributed by atoms with Gasteiger partial charge in [-0.05, 0) is 25.7 Å². The van der Waals surface area contributed by atoms with Crippen LogP contribution in [0.1, 0.15) is 46.4 Å². The number of carbonyl (C=O) groups is 1. The van der Waals surface area contributed by atoms with Crippen molar-refractivity contribution in [3.8, 4) is 0 Å². The molecule has 1 fully saturated rings. The summed E-state index contributed by atoms with van der Waals surface area (Å²) in [6.07, 6.45) is 4.52. The number of amides is 1. The molecular weight excluding hydrogens is 308 g/mol. The van der Waals surface area contributed by atoms with Gasteiger partial charge in [-0.1, -0.05) is 5.16 Å². The third kappa shape index (κ3) is 2.84. The van der Waals surface area contributed by atoms with E-state index in [1.807, 2.05) is 6.33 Å². The van der Waals surface area contributed by atoms with Crippen LogP contribution in [0.5, 0.6) is 0 Å². The minimum atomic E-state index is -0.115. The van der Waals surface area contributed by atoms with Gasteiger partial charge < -0.3 is 18.7 Å². The predicted octanol–water partition coefficient (Wildman–Crippen LogP) is 1.98. The largest absolute Gasteiger partial charge is 0.384 e. The zero-order valence-electron chi connectivity index (χ0n) is 14.1. The summed E-state index contributed by atoms with van der Waals surface area (Å²) < 4.78 is 12.7. The van der Waals surface area contributed by atoms with Crippen LogP contribution in [-0.4, -0.2) is 45.8 Å². The summed E-state index contributed by atoms with van der Waals surface area (Å²) >= 11 is 0. The number of aromatic nitrogens is 3. The molecule has 1 aliphatic carbocycles. The highest BCUT2D eigenvalue weighted by atomic mass is 16.5. The Morgan fingerprint density at radius 2 is 2.29 bits per heavy atom. The molecule has 0 unspecified atom stereocenters. The lowest BCUT2D eigenvalue weighted by Crippen LogP contribution is -2.40. The van der Waals surface area contributed by atoms with Gasteiger partial charge >= 0.3 is 0 Å². The van der Waals surface area contributed by atoms with Crippen LogP contribution in [0, 0.1) is 12.8 Å². The van der Waals surface area contributed by atoms with Crippen LogP contribution in [0.25, 0.3) is 0 Å². The zero-order valence-corrected chi connectivity index (χ0v) is 14.1. The topological polar surface area (TPSA) is 73.4 Å². The van der Waals surface area contributed by atoms with Gasteiger partial charge in [0.2, 0.25) is 0 Å². The van der Waals surface area contributed by atoms with Gasteiger partial charge in [0.15, 0.2) is 5.69 Å². The number of methoxy groups -OCH3 is 1. The van der Waals surface area contributed by atoms with Gasteiger partial charge in [-0.15, -0.1) is 0 Å². The maximum absolute atomic E-state index is 12.7. The molecule has 0 radical (unpaired) electrons. The van der Waals surface area contributed by atoms with Crippen molar-refractivity contribution in [2.45, 2.75) is 38.8 Å². The summed E-state index contributed by atoms with van der Waals surface area (Å²) in [6, 6.07) is 1.68. The quantitative estimate of drug-likeness (QED) is 0.838. The zero-order chi connectivity index (χ0) is 16.7. The fourth-order valence-electron chi connectivity index (χ4n) is 3.46. The monoisotopic (exact) mass is 330 g/mol. The lowest BCUT2D eigenvalue weighted by molar-refractivity contribution is 0.0662. The van der Waals surface area contributed by atoms with Crippen molar-refractivity contribution in [1.82, 2.24) is 19.6 Å². The number of imidazole rings is 1. The molecule has 1 atom stereocenters. The van der Waals surface area contributed by atoms with Gasteiger partial charge in [-0.3, -0.25) is 4.79 Å². The van der Waals surface area contributed by atoms with E-state index < -0.39 is 0 Å². The molecule has 128 valence electrons. The second-order valence-electron chi connectivity index (χ2n) is 6.83. The second kappa shape index (κ2) is 6.05. The summed E-state index contributed by atoms with van der Waals surface area (Å²) in [5.74, 6) is 1.44. The Hall–Kier alpha value is -2.15. The van der Waals surface area contributed by atoms with Crippen LogP contribution in [-0.2, 0) is 17.8 Å². The maximum Gasteiger partial charge on any atom is 0.276 e. The minimum Gasteiger partial charge on any atom is -0.384 e. The summed E-state index contributed by atoms with van der Waals surface area (Å²) in [5, 5.41) is 3.85. The highest BCUT2D eigenvalue weighted by molar-refractivity contribution is 5.92. The molecule has 2 aromatic heterocycles. The molecule has 0 bridgehead atoms. The van der Waals surface area contributed by atoms with E-state index in [0.29, 0.717) is 31.2 Å². The number of rotatable bonds is 5. The molecule has 7 heteroatoms. The number of hydrogen-bond acceptors (Lipinski definition) is 5. The van der Waals surface area contributed by atoms with Gasteiger partial charge in [0.05, 0.1) is 25.2 Å². The highest BCUT2D eigenvalue weighted by Crippen LogP contribution is 2.34. The Bertz CT molecular complexity index is 747. The van der Waals surface area contributed by atoms with E-state index in [1.165, 1.54) is 18.5 Å². The molecule has 0 spiro atoms. The molecule has 0 aromatic carbocycles. The Kier molecular flexibility index (Phi) is 3.88.